The number of aryl methyl sites for hydroxylation is 1. The summed E-state index contributed by atoms with van der Waals surface area (Å²) >= 11 is 1.23. The molecule has 1 unspecified atom stereocenters. The van der Waals surface area contributed by atoms with Crippen LogP contribution in [0.2, 0.25) is 0 Å². The van der Waals surface area contributed by atoms with Gasteiger partial charge in [-0.15, -0.1) is 11.3 Å². The number of carbonyl (C=O) groups is 3. The van der Waals surface area contributed by atoms with Crippen molar-refractivity contribution in [2.24, 2.45) is 5.92 Å². The number of aromatic nitrogens is 1. The molecular weight excluding hydrogens is 500 g/mol. The molecule has 0 radical (unpaired) electrons. The van der Waals surface area contributed by atoms with E-state index in [0.29, 0.717) is 40.1 Å². The Labute approximate surface area is 223 Å². The summed E-state index contributed by atoms with van der Waals surface area (Å²) in [5.41, 5.74) is 3.04. The standard InChI is InChI=1S/C28H26N6O3S/c1-16-5-2-3-7-20(16)34-21-10-11-30-26-22(21)23(32-28(34)37)24(38-26)25(35)31-19-6-4-12-33(15-19)27(36)18(14-29)13-17-8-9-17/h2-3,5,7,10-11,13,17,19H,4,6,8-9,12,15H2,1H3,(H,31,35)(H,32,37). The number of rotatable bonds is 5. The predicted molar refractivity (Wildman–Crippen MR) is 145 cm³/mol. The largest absolute Gasteiger partial charge is 0.347 e. The second-order valence-corrected chi connectivity index (χ2v) is 11.0. The number of hydrogen-bond donors (Lipinski definition) is 2. The zero-order chi connectivity index (χ0) is 26.4. The number of nitrogens with zero attached hydrogens (tertiary/aromatic N) is 4. The van der Waals surface area contributed by atoms with Crippen molar-refractivity contribution in [1.82, 2.24) is 15.2 Å². The minimum absolute atomic E-state index is 0.188. The van der Waals surface area contributed by atoms with Crippen molar-refractivity contribution >= 4 is 56.5 Å². The summed E-state index contributed by atoms with van der Waals surface area (Å²) in [5, 5.41) is 16.2. The van der Waals surface area contributed by atoms with Crippen molar-refractivity contribution in [2.75, 3.05) is 23.3 Å². The Morgan fingerprint density at radius 1 is 1.21 bits per heavy atom. The summed E-state index contributed by atoms with van der Waals surface area (Å²) in [4.78, 5) is 48.5. The third kappa shape index (κ3) is 4.29. The van der Waals surface area contributed by atoms with E-state index in [4.69, 9.17) is 0 Å². The van der Waals surface area contributed by atoms with Gasteiger partial charge in [0, 0.05) is 25.3 Å². The number of amides is 4. The molecule has 1 saturated carbocycles. The van der Waals surface area contributed by atoms with E-state index in [0.717, 1.165) is 42.3 Å². The molecule has 2 aliphatic heterocycles. The summed E-state index contributed by atoms with van der Waals surface area (Å²) in [5.74, 6) is -0.256. The van der Waals surface area contributed by atoms with E-state index in [-0.39, 0.29) is 29.5 Å². The SMILES string of the molecule is Cc1ccccc1N1C(=O)Nc2c(C(=O)NC3CCCN(C(=O)C(C#N)=CC4CC4)C3)sc3nccc1c23. The molecule has 3 aliphatic rings. The minimum Gasteiger partial charge on any atom is -0.347 e. The first-order chi connectivity index (χ1) is 18.4. The number of carbonyl (C=O) groups excluding carboxylic acids is 3. The van der Waals surface area contributed by atoms with Crippen LogP contribution in [0.25, 0.3) is 10.2 Å². The van der Waals surface area contributed by atoms with E-state index >= 15 is 0 Å². The van der Waals surface area contributed by atoms with Crippen molar-refractivity contribution in [1.29, 1.82) is 5.26 Å². The van der Waals surface area contributed by atoms with Crippen LogP contribution >= 0.6 is 11.3 Å². The lowest BCUT2D eigenvalue weighted by Gasteiger charge is -2.33. The molecule has 6 rings (SSSR count). The Bertz CT molecular complexity index is 1550. The van der Waals surface area contributed by atoms with Crippen LogP contribution in [0.1, 0.15) is 40.9 Å². The number of hydrogen-bond acceptors (Lipinski definition) is 6. The van der Waals surface area contributed by atoms with Gasteiger partial charge in [-0.25, -0.2) is 9.78 Å². The number of thiophene rings is 1. The molecule has 3 aromatic rings. The maximum absolute atomic E-state index is 13.5. The molecular formula is C28H26N6O3S. The molecule has 2 fully saturated rings. The Morgan fingerprint density at radius 2 is 2.03 bits per heavy atom. The molecule has 1 aliphatic carbocycles. The second kappa shape index (κ2) is 9.58. The number of likely N-dealkylation sites (tertiary alicyclic amines) is 1. The summed E-state index contributed by atoms with van der Waals surface area (Å²) in [6, 6.07) is 10.9. The summed E-state index contributed by atoms with van der Waals surface area (Å²) in [6.45, 7) is 2.84. The smallest absolute Gasteiger partial charge is 0.331 e. The molecule has 192 valence electrons. The Hall–Kier alpha value is -4.23. The predicted octanol–water partition coefficient (Wildman–Crippen LogP) is 4.87. The molecule has 10 heteroatoms. The van der Waals surface area contributed by atoms with E-state index in [1.807, 2.05) is 37.3 Å². The maximum Gasteiger partial charge on any atom is 0.331 e. The van der Waals surface area contributed by atoms with E-state index in [9.17, 15) is 19.6 Å². The van der Waals surface area contributed by atoms with Gasteiger partial charge in [0.25, 0.3) is 11.8 Å². The van der Waals surface area contributed by atoms with Crippen LogP contribution in [0.3, 0.4) is 0 Å². The molecule has 2 N–H and O–H groups in total. The molecule has 0 bridgehead atoms. The van der Waals surface area contributed by atoms with Crippen LogP contribution in [0.4, 0.5) is 21.9 Å². The van der Waals surface area contributed by atoms with E-state index in [1.165, 1.54) is 11.3 Å². The Balaban J connectivity index is 1.25. The van der Waals surface area contributed by atoms with Crippen LogP contribution in [0.5, 0.6) is 0 Å². The first-order valence-electron chi connectivity index (χ1n) is 12.7. The molecule has 1 atom stereocenters. The van der Waals surface area contributed by atoms with Gasteiger partial charge in [-0.1, -0.05) is 24.3 Å². The zero-order valence-corrected chi connectivity index (χ0v) is 21.7. The molecule has 9 nitrogen and oxygen atoms in total. The minimum atomic E-state index is -0.340. The Kier molecular flexibility index (Phi) is 6.08. The second-order valence-electron chi connectivity index (χ2n) is 9.96. The quantitative estimate of drug-likeness (QED) is 0.363. The van der Waals surface area contributed by atoms with E-state index in [2.05, 4.69) is 15.6 Å². The molecule has 2 aromatic heterocycles. The third-order valence-corrected chi connectivity index (χ3v) is 8.32. The zero-order valence-electron chi connectivity index (χ0n) is 20.9. The van der Waals surface area contributed by atoms with Gasteiger partial charge in [-0.05, 0) is 56.2 Å². The van der Waals surface area contributed by atoms with Gasteiger partial charge in [-0.2, -0.15) is 5.26 Å². The van der Waals surface area contributed by atoms with Gasteiger partial charge in [0.05, 0.1) is 22.4 Å². The third-order valence-electron chi connectivity index (χ3n) is 7.23. The fourth-order valence-corrected chi connectivity index (χ4v) is 6.18. The van der Waals surface area contributed by atoms with E-state index < -0.39 is 0 Å². The van der Waals surface area contributed by atoms with Crippen molar-refractivity contribution in [3.63, 3.8) is 0 Å². The number of urea groups is 1. The number of nitrogens with one attached hydrogen (secondary N) is 2. The highest BCUT2D eigenvalue weighted by Crippen LogP contribution is 2.46. The first-order valence-corrected chi connectivity index (χ1v) is 13.6. The molecule has 4 amide bonds. The number of anilines is 3. The Morgan fingerprint density at radius 3 is 2.79 bits per heavy atom. The molecule has 4 heterocycles. The number of pyridine rings is 1. The van der Waals surface area contributed by atoms with Crippen LogP contribution in [-0.4, -0.2) is 46.9 Å². The van der Waals surface area contributed by atoms with Crippen LogP contribution in [0, 0.1) is 24.2 Å². The topological polar surface area (TPSA) is 118 Å². The van der Waals surface area contributed by atoms with Crippen LogP contribution in [-0.2, 0) is 4.79 Å². The average molecular weight is 527 g/mol. The highest BCUT2D eigenvalue weighted by molar-refractivity contribution is 7.21. The highest BCUT2D eigenvalue weighted by atomic mass is 32.1. The lowest BCUT2D eigenvalue weighted by molar-refractivity contribution is -0.128. The number of nitriles is 1. The fourth-order valence-electron chi connectivity index (χ4n) is 5.15. The highest BCUT2D eigenvalue weighted by Gasteiger charge is 2.34. The summed E-state index contributed by atoms with van der Waals surface area (Å²) < 4.78 is 0. The van der Waals surface area contributed by atoms with Crippen LogP contribution in [0.15, 0.2) is 48.2 Å². The molecule has 1 aromatic carbocycles. The number of allylic oxidation sites excluding steroid dienone is 1. The van der Waals surface area contributed by atoms with E-state index in [1.54, 1.807) is 28.1 Å². The van der Waals surface area contributed by atoms with Crippen molar-refractivity contribution in [3.05, 3.63) is 58.6 Å². The first kappa shape index (κ1) is 24.1. The van der Waals surface area contributed by atoms with Gasteiger partial charge < -0.3 is 15.5 Å². The van der Waals surface area contributed by atoms with Crippen molar-refractivity contribution in [2.45, 2.75) is 38.6 Å². The lowest BCUT2D eigenvalue weighted by atomic mass is 10.0. The number of benzene rings is 1. The lowest BCUT2D eigenvalue weighted by Crippen LogP contribution is -2.50. The fraction of sp³-hybridized carbons (Fsp3) is 0.321. The van der Waals surface area contributed by atoms with Gasteiger partial charge >= 0.3 is 6.03 Å². The van der Waals surface area contributed by atoms with Crippen LogP contribution < -0.4 is 15.5 Å². The van der Waals surface area contributed by atoms with Crippen molar-refractivity contribution in [3.8, 4) is 6.07 Å². The van der Waals surface area contributed by atoms with Gasteiger partial charge in [-0.3, -0.25) is 14.5 Å². The van der Waals surface area contributed by atoms with Crippen molar-refractivity contribution < 1.29 is 14.4 Å². The average Bonchev–Trinajstić information content (AvgIpc) is 3.67. The summed E-state index contributed by atoms with van der Waals surface area (Å²) in [7, 11) is 0. The van der Waals surface area contributed by atoms with Gasteiger partial charge in [0.15, 0.2) is 0 Å². The molecule has 38 heavy (non-hydrogen) atoms. The van der Waals surface area contributed by atoms with Gasteiger partial charge in [0.1, 0.15) is 21.3 Å². The van der Waals surface area contributed by atoms with Gasteiger partial charge in [0.2, 0.25) is 0 Å². The normalized spacial score (nSPS) is 19.2. The number of piperidine rings is 1. The molecule has 0 spiro atoms. The summed E-state index contributed by atoms with van der Waals surface area (Å²) in [6.07, 6.45) is 6.91. The monoisotopic (exact) mass is 526 g/mol. The number of para-hydroxylation sites is 1. The molecule has 1 saturated heterocycles. The maximum atomic E-state index is 13.5.